The third-order valence-electron chi connectivity index (χ3n) is 3.94. The Hall–Kier alpha value is -1.32. The van der Waals surface area contributed by atoms with Crippen LogP contribution < -0.4 is 10.2 Å². The first kappa shape index (κ1) is 11.8. The molecule has 0 spiro atoms. The van der Waals surface area contributed by atoms with E-state index in [4.69, 9.17) is 0 Å². The van der Waals surface area contributed by atoms with Gasteiger partial charge in [0.2, 0.25) is 5.95 Å². The van der Waals surface area contributed by atoms with Gasteiger partial charge in [-0.05, 0) is 32.6 Å². The van der Waals surface area contributed by atoms with Gasteiger partial charge in [-0.1, -0.05) is 12.8 Å². The molecule has 0 amide bonds. The minimum Gasteiger partial charge on any atom is -0.367 e. The van der Waals surface area contributed by atoms with Gasteiger partial charge in [-0.15, -0.1) is 0 Å². The molecular weight excluding hydrogens is 224 g/mol. The van der Waals surface area contributed by atoms with Crippen molar-refractivity contribution < 1.29 is 0 Å². The molecular formula is C14H22N4. The minimum absolute atomic E-state index is 0.616. The number of nitrogens with zero attached hydrogens (tertiary/aromatic N) is 3. The van der Waals surface area contributed by atoms with Crippen molar-refractivity contribution in [2.24, 2.45) is 0 Å². The lowest BCUT2D eigenvalue weighted by molar-refractivity contribution is 0.747. The lowest BCUT2D eigenvalue weighted by Crippen LogP contribution is -2.22. The molecule has 0 unspecified atom stereocenters. The number of aryl methyl sites for hydroxylation is 1. The maximum atomic E-state index is 4.68. The van der Waals surface area contributed by atoms with Gasteiger partial charge in [-0.2, -0.15) is 4.98 Å². The van der Waals surface area contributed by atoms with Crippen molar-refractivity contribution in [3.8, 4) is 0 Å². The zero-order valence-electron chi connectivity index (χ0n) is 11.2. The van der Waals surface area contributed by atoms with Gasteiger partial charge in [0.1, 0.15) is 5.82 Å². The monoisotopic (exact) mass is 246 g/mol. The highest BCUT2D eigenvalue weighted by Gasteiger charge is 2.18. The van der Waals surface area contributed by atoms with Crippen LogP contribution >= 0.6 is 0 Å². The molecule has 18 heavy (non-hydrogen) atoms. The van der Waals surface area contributed by atoms with Crippen LogP contribution in [-0.4, -0.2) is 29.1 Å². The fourth-order valence-corrected chi connectivity index (χ4v) is 2.96. The molecule has 1 N–H and O–H groups in total. The normalized spacial score (nSPS) is 20.6. The minimum atomic E-state index is 0.616. The largest absolute Gasteiger partial charge is 0.367 e. The van der Waals surface area contributed by atoms with E-state index in [1.807, 2.05) is 0 Å². The molecule has 2 heterocycles. The summed E-state index contributed by atoms with van der Waals surface area (Å²) in [5.41, 5.74) is 1.06. The van der Waals surface area contributed by atoms with E-state index in [1.165, 1.54) is 38.5 Å². The number of rotatable bonds is 3. The summed E-state index contributed by atoms with van der Waals surface area (Å²) in [6.07, 6.45) is 7.79. The zero-order chi connectivity index (χ0) is 12.4. The molecule has 1 aromatic heterocycles. The van der Waals surface area contributed by atoms with Crippen molar-refractivity contribution in [1.29, 1.82) is 0 Å². The van der Waals surface area contributed by atoms with Gasteiger partial charge in [0.05, 0.1) is 0 Å². The zero-order valence-corrected chi connectivity index (χ0v) is 11.2. The Labute approximate surface area is 109 Å². The Bertz CT molecular complexity index is 406. The van der Waals surface area contributed by atoms with Crippen LogP contribution in [0.25, 0.3) is 0 Å². The second-order valence-electron chi connectivity index (χ2n) is 5.51. The smallest absolute Gasteiger partial charge is 0.227 e. The van der Waals surface area contributed by atoms with Crippen molar-refractivity contribution in [1.82, 2.24) is 9.97 Å². The molecule has 3 rings (SSSR count). The summed E-state index contributed by atoms with van der Waals surface area (Å²) in [4.78, 5) is 11.5. The average Bonchev–Trinajstić information content (AvgIpc) is 3.00. The first-order valence-corrected chi connectivity index (χ1v) is 7.18. The molecule has 2 aliphatic rings. The van der Waals surface area contributed by atoms with Crippen molar-refractivity contribution >= 4 is 11.8 Å². The Morgan fingerprint density at radius 3 is 2.56 bits per heavy atom. The molecule has 0 radical (unpaired) electrons. The van der Waals surface area contributed by atoms with E-state index in [0.29, 0.717) is 6.04 Å². The maximum absolute atomic E-state index is 4.68. The molecule has 1 aliphatic heterocycles. The van der Waals surface area contributed by atoms with Crippen LogP contribution in [0, 0.1) is 6.92 Å². The standard InChI is InChI=1S/C14H22N4/c1-11-10-13(16-12-6-2-3-7-12)17-14(15-11)18-8-4-5-9-18/h10,12H,2-9H2,1H3,(H,15,16,17). The van der Waals surface area contributed by atoms with Gasteiger partial charge in [-0.25, -0.2) is 4.98 Å². The lowest BCUT2D eigenvalue weighted by atomic mass is 10.2. The van der Waals surface area contributed by atoms with Crippen LogP contribution in [0.4, 0.5) is 11.8 Å². The fourth-order valence-electron chi connectivity index (χ4n) is 2.96. The van der Waals surface area contributed by atoms with Gasteiger partial charge < -0.3 is 10.2 Å². The van der Waals surface area contributed by atoms with E-state index >= 15 is 0 Å². The summed E-state index contributed by atoms with van der Waals surface area (Å²) >= 11 is 0. The molecule has 1 saturated heterocycles. The van der Waals surface area contributed by atoms with Crippen LogP contribution in [0.3, 0.4) is 0 Å². The van der Waals surface area contributed by atoms with Crippen molar-refractivity contribution in [2.45, 2.75) is 51.5 Å². The average molecular weight is 246 g/mol. The van der Waals surface area contributed by atoms with E-state index in [9.17, 15) is 0 Å². The van der Waals surface area contributed by atoms with E-state index < -0.39 is 0 Å². The van der Waals surface area contributed by atoms with Crippen LogP contribution in [0.5, 0.6) is 0 Å². The third kappa shape index (κ3) is 2.57. The Kier molecular flexibility index (Phi) is 3.35. The van der Waals surface area contributed by atoms with Crippen molar-refractivity contribution in [3.63, 3.8) is 0 Å². The van der Waals surface area contributed by atoms with Crippen LogP contribution in [0.2, 0.25) is 0 Å². The third-order valence-corrected chi connectivity index (χ3v) is 3.94. The molecule has 0 aromatic carbocycles. The molecule has 1 aliphatic carbocycles. The number of hydrogen-bond donors (Lipinski definition) is 1. The molecule has 4 nitrogen and oxygen atoms in total. The fraction of sp³-hybridized carbons (Fsp3) is 0.714. The highest BCUT2D eigenvalue weighted by Crippen LogP contribution is 2.23. The Balaban J connectivity index is 1.76. The molecule has 1 saturated carbocycles. The van der Waals surface area contributed by atoms with Gasteiger partial charge in [0.15, 0.2) is 0 Å². The Morgan fingerprint density at radius 1 is 1.11 bits per heavy atom. The second kappa shape index (κ2) is 5.12. The Morgan fingerprint density at radius 2 is 1.83 bits per heavy atom. The topological polar surface area (TPSA) is 41.1 Å². The summed E-state index contributed by atoms with van der Waals surface area (Å²) in [5, 5.41) is 3.57. The quantitative estimate of drug-likeness (QED) is 0.890. The molecule has 2 fully saturated rings. The van der Waals surface area contributed by atoms with Crippen LogP contribution in [-0.2, 0) is 0 Å². The van der Waals surface area contributed by atoms with E-state index in [2.05, 4.69) is 33.2 Å². The first-order chi connectivity index (χ1) is 8.81. The molecule has 0 atom stereocenters. The summed E-state index contributed by atoms with van der Waals surface area (Å²) in [5.74, 6) is 1.92. The summed E-state index contributed by atoms with van der Waals surface area (Å²) in [6, 6.07) is 2.68. The predicted octanol–water partition coefficient (Wildman–Crippen LogP) is 2.74. The van der Waals surface area contributed by atoms with Crippen LogP contribution in [0.15, 0.2) is 6.07 Å². The van der Waals surface area contributed by atoms with Gasteiger partial charge in [-0.3, -0.25) is 0 Å². The van der Waals surface area contributed by atoms with E-state index in [1.54, 1.807) is 0 Å². The predicted molar refractivity (Wildman–Crippen MR) is 74.1 cm³/mol. The van der Waals surface area contributed by atoms with Crippen molar-refractivity contribution in [2.75, 3.05) is 23.3 Å². The highest BCUT2D eigenvalue weighted by molar-refractivity contribution is 5.44. The SMILES string of the molecule is Cc1cc(NC2CCCC2)nc(N2CCCC2)n1. The van der Waals surface area contributed by atoms with E-state index in [0.717, 1.165) is 30.5 Å². The molecule has 4 heteroatoms. The number of anilines is 2. The summed E-state index contributed by atoms with van der Waals surface area (Å²) in [7, 11) is 0. The number of hydrogen-bond acceptors (Lipinski definition) is 4. The highest BCUT2D eigenvalue weighted by atomic mass is 15.3. The molecule has 98 valence electrons. The number of nitrogens with one attached hydrogen (secondary N) is 1. The maximum Gasteiger partial charge on any atom is 0.227 e. The number of aromatic nitrogens is 2. The first-order valence-electron chi connectivity index (χ1n) is 7.18. The molecule has 0 bridgehead atoms. The summed E-state index contributed by atoms with van der Waals surface area (Å²) in [6.45, 7) is 4.26. The van der Waals surface area contributed by atoms with Gasteiger partial charge in [0, 0.05) is 30.9 Å². The summed E-state index contributed by atoms with van der Waals surface area (Å²) < 4.78 is 0. The van der Waals surface area contributed by atoms with Crippen molar-refractivity contribution in [3.05, 3.63) is 11.8 Å². The van der Waals surface area contributed by atoms with E-state index in [-0.39, 0.29) is 0 Å². The van der Waals surface area contributed by atoms with Crippen LogP contribution in [0.1, 0.15) is 44.2 Å². The lowest BCUT2D eigenvalue weighted by Gasteiger charge is -2.18. The second-order valence-corrected chi connectivity index (χ2v) is 5.51. The molecule has 1 aromatic rings. The van der Waals surface area contributed by atoms with Gasteiger partial charge >= 0.3 is 0 Å². The van der Waals surface area contributed by atoms with Gasteiger partial charge in [0.25, 0.3) is 0 Å².